The largest absolute Gasteiger partial charge is 0.444 e. The zero-order valence-electron chi connectivity index (χ0n) is 11.0. The number of hydrogen-bond donors (Lipinski definition) is 2. The van der Waals surface area contributed by atoms with E-state index >= 15 is 0 Å². The van der Waals surface area contributed by atoms with Crippen molar-refractivity contribution in [1.82, 2.24) is 10.8 Å². The third kappa shape index (κ3) is 11.4. The molecule has 0 radical (unpaired) electrons. The lowest BCUT2D eigenvalue weighted by Crippen LogP contribution is -2.37. The van der Waals surface area contributed by atoms with Crippen molar-refractivity contribution in [2.45, 2.75) is 45.9 Å². The maximum absolute atomic E-state index is 13.2. The molecule has 1 unspecified atom stereocenters. The van der Waals surface area contributed by atoms with Crippen molar-refractivity contribution >= 4 is 6.09 Å². The Labute approximate surface area is 102 Å². The maximum atomic E-state index is 13.2. The first-order valence-electron chi connectivity index (χ1n) is 5.80. The van der Waals surface area contributed by atoms with Gasteiger partial charge in [0.05, 0.1) is 6.54 Å². The summed E-state index contributed by atoms with van der Waals surface area (Å²) in [6, 6.07) is 0. The molecule has 5 nitrogen and oxygen atoms in total. The van der Waals surface area contributed by atoms with Crippen LogP contribution in [0.15, 0.2) is 0 Å². The highest BCUT2D eigenvalue weighted by Gasteiger charge is 2.17. The Morgan fingerprint density at radius 1 is 1.41 bits per heavy atom. The lowest BCUT2D eigenvalue weighted by molar-refractivity contribution is 0.00592. The van der Waals surface area contributed by atoms with Crippen LogP contribution >= 0.6 is 0 Å². The molecule has 17 heavy (non-hydrogen) atoms. The van der Waals surface area contributed by atoms with Crippen molar-refractivity contribution in [3.05, 3.63) is 0 Å². The van der Waals surface area contributed by atoms with E-state index in [-0.39, 0.29) is 13.2 Å². The van der Waals surface area contributed by atoms with E-state index in [0.29, 0.717) is 6.54 Å². The first-order chi connectivity index (χ1) is 7.85. The predicted octanol–water partition coefficient (Wildman–Crippen LogP) is 1.78. The monoisotopic (exact) mass is 250 g/mol. The van der Waals surface area contributed by atoms with Crippen LogP contribution in [0.4, 0.5) is 9.18 Å². The number of hydroxylamine groups is 1. The van der Waals surface area contributed by atoms with E-state index in [9.17, 15) is 9.18 Å². The smallest absolute Gasteiger partial charge is 0.407 e. The topological polar surface area (TPSA) is 59.6 Å². The Morgan fingerprint density at radius 2 is 2.06 bits per heavy atom. The molecule has 0 aromatic carbocycles. The molecule has 0 fully saturated rings. The molecule has 6 heteroatoms. The van der Waals surface area contributed by atoms with Crippen molar-refractivity contribution in [3.8, 4) is 0 Å². The predicted molar refractivity (Wildman–Crippen MR) is 63.4 cm³/mol. The van der Waals surface area contributed by atoms with Gasteiger partial charge < -0.3 is 10.1 Å². The number of carbonyl (C=O) groups excluding carboxylic acids is 1. The molecule has 1 amide bonds. The van der Waals surface area contributed by atoms with E-state index in [0.717, 1.165) is 6.42 Å². The number of nitrogens with one attached hydrogen (secondary N) is 2. The van der Waals surface area contributed by atoms with E-state index in [1.807, 2.05) is 6.92 Å². The molecule has 0 aromatic heterocycles. The second-order valence-corrected chi connectivity index (χ2v) is 4.69. The number of carbonyl (C=O) groups is 1. The molecule has 0 rings (SSSR count). The molecule has 0 saturated heterocycles. The summed E-state index contributed by atoms with van der Waals surface area (Å²) in [5, 5.41) is 2.34. The third-order valence-corrected chi connectivity index (χ3v) is 1.59. The van der Waals surface area contributed by atoms with Crippen molar-refractivity contribution in [2.75, 3.05) is 19.7 Å². The summed E-state index contributed by atoms with van der Waals surface area (Å²) < 4.78 is 18.1. The van der Waals surface area contributed by atoms with Gasteiger partial charge in [-0.2, -0.15) is 0 Å². The van der Waals surface area contributed by atoms with Gasteiger partial charge in [0.15, 0.2) is 0 Å². The van der Waals surface area contributed by atoms with Crippen molar-refractivity contribution < 1.29 is 18.8 Å². The molecule has 0 aliphatic carbocycles. The van der Waals surface area contributed by atoms with Gasteiger partial charge in [0, 0.05) is 6.54 Å². The van der Waals surface area contributed by atoms with Crippen LogP contribution in [0.5, 0.6) is 0 Å². The van der Waals surface area contributed by atoms with Gasteiger partial charge in [0.1, 0.15) is 18.4 Å². The molecule has 1 atom stereocenters. The number of halogens is 1. The van der Waals surface area contributed by atoms with Gasteiger partial charge in [0.2, 0.25) is 0 Å². The summed E-state index contributed by atoms with van der Waals surface area (Å²) in [6.07, 6.45) is -0.971. The fraction of sp³-hybridized carbons (Fsp3) is 0.909. The van der Waals surface area contributed by atoms with E-state index in [4.69, 9.17) is 9.57 Å². The van der Waals surface area contributed by atoms with E-state index in [2.05, 4.69) is 10.8 Å². The van der Waals surface area contributed by atoms with Gasteiger partial charge in [-0.25, -0.2) is 14.7 Å². The quantitative estimate of drug-likeness (QED) is 0.534. The van der Waals surface area contributed by atoms with Crippen LogP contribution in [0.25, 0.3) is 0 Å². The molecule has 0 heterocycles. The highest BCUT2D eigenvalue weighted by atomic mass is 19.1. The van der Waals surface area contributed by atoms with E-state index in [1.54, 1.807) is 20.8 Å². The number of alkyl halides is 1. The fourth-order valence-electron chi connectivity index (χ4n) is 0.891. The van der Waals surface area contributed by atoms with Gasteiger partial charge >= 0.3 is 6.09 Å². The van der Waals surface area contributed by atoms with Crippen molar-refractivity contribution in [2.24, 2.45) is 0 Å². The average Bonchev–Trinajstić information content (AvgIpc) is 2.19. The minimum Gasteiger partial charge on any atom is -0.444 e. The van der Waals surface area contributed by atoms with Gasteiger partial charge in [0.25, 0.3) is 0 Å². The normalized spacial score (nSPS) is 13.2. The molecule has 0 aromatic rings. The molecular weight excluding hydrogens is 227 g/mol. The standard InChI is InChI=1S/C11H23FN2O3/c1-5-6-14-16-8-9(12)7-13-10(15)17-11(2,3)4/h9,14H,5-8H2,1-4H3,(H,13,15). The van der Waals surface area contributed by atoms with Crippen LogP contribution < -0.4 is 10.8 Å². The summed E-state index contributed by atoms with van der Waals surface area (Å²) in [5.41, 5.74) is 2.03. The summed E-state index contributed by atoms with van der Waals surface area (Å²) in [4.78, 5) is 16.0. The van der Waals surface area contributed by atoms with Gasteiger partial charge in [-0.05, 0) is 27.2 Å². The molecule has 0 aliphatic rings. The van der Waals surface area contributed by atoms with Crippen LogP contribution in [-0.4, -0.2) is 37.6 Å². The Morgan fingerprint density at radius 3 is 2.59 bits per heavy atom. The number of amides is 1. The zero-order chi connectivity index (χ0) is 13.3. The Bertz CT molecular complexity index is 219. The van der Waals surface area contributed by atoms with Gasteiger partial charge in [-0.1, -0.05) is 6.92 Å². The maximum Gasteiger partial charge on any atom is 0.407 e. The number of rotatable bonds is 7. The summed E-state index contributed by atoms with van der Waals surface area (Å²) >= 11 is 0. The molecule has 0 aliphatic heterocycles. The third-order valence-electron chi connectivity index (χ3n) is 1.59. The second kappa shape index (κ2) is 8.25. The van der Waals surface area contributed by atoms with Crippen molar-refractivity contribution in [3.63, 3.8) is 0 Å². The van der Waals surface area contributed by atoms with Crippen molar-refractivity contribution in [1.29, 1.82) is 0 Å². The van der Waals surface area contributed by atoms with E-state index in [1.165, 1.54) is 0 Å². The number of ether oxygens (including phenoxy) is 1. The summed E-state index contributed by atoms with van der Waals surface area (Å²) in [6.45, 7) is 7.67. The van der Waals surface area contributed by atoms with Crippen LogP contribution in [0.3, 0.4) is 0 Å². The summed E-state index contributed by atoms with van der Waals surface area (Å²) in [5.74, 6) is 0. The number of alkyl carbamates (subject to hydrolysis) is 1. The van der Waals surface area contributed by atoms with E-state index < -0.39 is 17.9 Å². The lowest BCUT2D eigenvalue weighted by Gasteiger charge is -2.20. The Balaban J connectivity index is 3.55. The SMILES string of the molecule is CCCNOCC(F)CNC(=O)OC(C)(C)C. The molecule has 0 spiro atoms. The molecule has 0 bridgehead atoms. The fourth-order valence-corrected chi connectivity index (χ4v) is 0.891. The zero-order valence-corrected chi connectivity index (χ0v) is 11.0. The first kappa shape index (κ1) is 16.1. The molecular formula is C11H23FN2O3. The highest BCUT2D eigenvalue weighted by Crippen LogP contribution is 2.06. The van der Waals surface area contributed by atoms with Gasteiger partial charge in [-0.15, -0.1) is 0 Å². The van der Waals surface area contributed by atoms with Crippen LogP contribution in [0.1, 0.15) is 34.1 Å². The molecule has 0 saturated carbocycles. The molecule has 2 N–H and O–H groups in total. The second-order valence-electron chi connectivity index (χ2n) is 4.69. The highest BCUT2D eigenvalue weighted by molar-refractivity contribution is 5.67. The van der Waals surface area contributed by atoms with Crippen LogP contribution in [0, 0.1) is 0 Å². The van der Waals surface area contributed by atoms with Crippen LogP contribution in [0.2, 0.25) is 0 Å². The first-order valence-corrected chi connectivity index (χ1v) is 5.80. The average molecular weight is 250 g/mol. The van der Waals surface area contributed by atoms with Crippen LogP contribution in [-0.2, 0) is 9.57 Å². The Kier molecular flexibility index (Phi) is 7.82. The number of hydrogen-bond acceptors (Lipinski definition) is 4. The summed E-state index contributed by atoms with van der Waals surface area (Å²) in [7, 11) is 0. The molecule has 102 valence electrons. The minimum atomic E-state index is -1.26. The lowest BCUT2D eigenvalue weighted by atomic mass is 10.2. The Hall–Kier alpha value is -0.880. The van der Waals surface area contributed by atoms with Gasteiger partial charge in [-0.3, -0.25) is 4.84 Å². The minimum absolute atomic E-state index is 0.101.